The Bertz CT molecular complexity index is 526. The molecule has 3 nitrogen and oxygen atoms in total. The van der Waals surface area contributed by atoms with Crippen LogP contribution in [0.5, 0.6) is 5.75 Å². The van der Waals surface area contributed by atoms with Gasteiger partial charge in [0.15, 0.2) is 0 Å². The molecule has 1 fully saturated rings. The Labute approximate surface area is 107 Å². The molecule has 1 saturated carbocycles. The quantitative estimate of drug-likeness (QED) is 0.605. The van der Waals surface area contributed by atoms with Gasteiger partial charge in [-0.15, -0.1) is 0 Å². The Morgan fingerprint density at radius 1 is 1.28 bits per heavy atom. The van der Waals surface area contributed by atoms with Crippen molar-refractivity contribution in [3.63, 3.8) is 0 Å². The van der Waals surface area contributed by atoms with Crippen molar-refractivity contribution < 1.29 is 9.53 Å². The van der Waals surface area contributed by atoms with Gasteiger partial charge in [-0.3, -0.25) is 0 Å². The molecule has 2 aliphatic rings. The highest BCUT2D eigenvalue weighted by Crippen LogP contribution is 2.53. The third-order valence-corrected chi connectivity index (χ3v) is 4.17. The first kappa shape index (κ1) is 11.5. The summed E-state index contributed by atoms with van der Waals surface area (Å²) >= 11 is 0. The summed E-state index contributed by atoms with van der Waals surface area (Å²) < 4.78 is 5.63. The summed E-state index contributed by atoms with van der Waals surface area (Å²) in [6.07, 6.45) is 8.26. The summed E-state index contributed by atoms with van der Waals surface area (Å²) in [6, 6.07) is 4.28. The molecule has 0 aliphatic heterocycles. The molecule has 0 bridgehead atoms. The second kappa shape index (κ2) is 4.25. The number of fused-ring (bicyclic) bond motifs is 1. The number of hydrogen-bond donors (Lipinski definition) is 0. The molecule has 3 heteroatoms. The van der Waals surface area contributed by atoms with Crippen LogP contribution in [0.3, 0.4) is 0 Å². The maximum Gasteiger partial charge on any atom is 0.235 e. The van der Waals surface area contributed by atoms with Gasteiger partial charge in [0.2, 0.25) is 6.08 Å². The van der Waals surface area contributed by atoms with E-state index < -0.39 is 0 Å². The third kappa shape index (κ3) is 1.67. The van der Waals surface area contributed by atoms with Crippen LogP contribution in [0.2, 0.25) is 0 Å². The zero-order valence-corrected chi connectivity index (χ0v) is 10.7. The molecule has 0 atom stereocenters. The van der Waals surface area contributed by atoms with Crippen molar-refractivity contribution in [1.82, 2.24) is 0 Å². The molecule has 0 unspecified atom stereocenters. The largest absolute Gasteiger partial charge is 0.496 e. The van der Waals surface area contributed by atoms with Crippen molar-refractivity contribution >= 4 is 6.08 Å². The molecular formula is C15H17NO2. The lowest BCUT2D eigenvalue weighted by Crippen LogP contribution is -2.11. The van der Waals surface area contributed by atoms with Gasteiger partial charge in [-0.05, 0) is 49.7 Å². The van der Waals surface area contributed by atoms with E-state index in [1.807, 2.05) is 0 Å². The second-order valence-corrected chi connectivity index (χ2v) is 5.23. The zero-order chi connectivity index (χ0) is 12.6. The molecule has 0 saturated heterocycles. The Morgan fingerprint density at radius 3 is 2.72 bits per heavy atom. The first-order valence-electron chi connectivity index (χ1n) is 6.59. The Morgan fingerprint density at radius 2 is 2.06 bits per heavy atom. The minimum absolute atomic E-state index is 0.334. The fourth-order valence-electron chi connectivity index (χ4n) is 3.04. The van der Waals surface area contributed by atoms with Gasteiger partial charge in [0.1, 0.15) is 11.3 Å². The lowest BCUT2D eigenvalue weighted by Gasteiger charge is -2.23. The number of benzene rings is 1. The van der Waals surface area contributed by atoms with E-state index in [-0.39, 0.29) is 5.54 Å². The fourth-order valence-corrected chi connectivity index (χ4v) is 3.04. The highest BCUT2D eigenvalue weighted by atomic mass is 16.5. The van der Waals surface area contributed by atoms with Crippen molar-refractivity contribution in [3.05, 3.63) is 28.8 Å². The molecule has 1 aromatic carbocycles. The molecular weight excluding hydrogens is 226 g/mol. The summed E-state index contributed by atoms with van der Waals surface area (Å²) in [4.78, 5) is 14.6. The van der Waals surface area contributed by atoms with Crippen molar-refractivity contribution in [3.8, 4) is 5.75 Å². The van der Waals surface area contributed by atoms with Gasteiger partial charge >= 0.3 is 0 Å². The second-order valence-electron chi connectivity index (χ2n) is 5.23. The van der Waals surface area contributed by atoms with Crippen LogP contribution in [0.15, 0.2) is 17.1 Å². The first-order chi connectivity index (χ1) is 8.80. The van der Waals surface area contributed by atoms with Crippen molar-refractivity contribution in [2.75, 3.05) is 7.11 Å². The lowest BCUT2D eigenvalue weighted by atomic mass is 9.87. The van der Waals surface area contributed by atoms with Gasteiger partial charge in [0, 0.05) is 5.56 Å². The van der Waals surface area contributed by atoms with E-state index in [1.165, 1.54) is 24.0 Å². The van der Waals surface area contributed by atoms with Gasteiger partial charge in [-0.25, -0.2) is 4.79 Å². The van der Waals surface area contributed by atoms with Crippen LogP contribution >= 0.6 is 0 Å². The van der Waals surface area contributed by atoms with E-state index in [1.54, 1.807) is 13.2 Å². The molecule has 0 radical (unpaired) electrons. The van der Waals surface area contributed by atoms with E-state index in [2.05, 4.69) is 17.1 Å². The summed E-state index contributed by atoms with van der Waals surface area (Å²) in [6.45, 7) is 0. The SMILES string of the molecule is COc1c(C2(N=C=O)CC2)ccc2c1CCCC2. The molecule has 1 aromatic rings. The van der Waals surface area contributed by atoms with Crippen molar-refractivity contribution in [1.29, 1.82) is 0 Å². The number of isocyanates is 1. The van der Waals surface area contributed by atoms with E-state index in [0.717, 1.165) is 37.0 Å². The van der Waals surface area contributed by atoms with Crippen molar-refractivity contribution in [2.24, 2.45) is 4.99 Å². The van der Waals surface area contributed by atoms with Crippen LogP contribution in [-0.2, 0) is 23.2 Å². The van der Waals surface area contributed by atoms with Crippen LogP contribution in [0.25, 0.3) is 0 Å². The molecule has 0 amide bonds. The van der Waals surface area contributed by atoms with Gasteiger partial charge in [0.25, 0.3) is 0 Å². The van der Waals surface area contributed by atoms with E-state index in [9.17, 15) is 4.79 Å². The Hall–Kier alpha value is -1.60. The Balaban J connectivity index is 2.13. The molecule has 0 N–H and O–H groups in total. The van der Waals surface area contributed by atoms with Crippen LogP contribution in [-0.4, -0.2) is 13.2 Å². The number of aryl methyl sites for hydroxylation is 1. The van der Waals surface area contributed by atoms with Gasteiger partial charge in [-0.1, -0.05) is 12.1 Å². The molecule has 3 rings (SSSR count). The molecule has 0 heterocycles. The molecule has 94 valence electrons. The summed E-state index contributed by atoms with van der Waals surface area (Å²) in [5.74, 6) is 0.962. The number of hydrogen-bond acceptors (Lipinski definition) is 3. The number of rotatable bonds is 3. The van der Waals surface area contributed by atoms with E-state index >= 15 is 0 Å². The average Bonchev–Trinajstić information content (AvgIpc) is 3.18. The third-order valence-electron chi connectivity index (χ3n) is 4.17. The maximum absolute atomic E-state index is 10.6. The number of methoxy groups -OCH3 is 1. The van der Waals surface area contributed by atoms with Crippen molar-refractivity contribution in [2.45, 2.75) is 44.1 Å². The molecule has 0 aromatic heterocycles. The van der Waals surface area contributed by atoms with E-state index in [4.69, 9.17) is 4.74 Å². The summed E-state index contributed by atoms with van der Waals surface area (Å²) in [5, 5.41) is 0. The number of ether oxygens (including phenoxy) is 1. The smallest absolute Gasteiger partial charge is 0.235 e. The highest BCUT2D eigenvalue weighted by Gasteiger charge is 2.47. The van der Waals surface area contributed by atoms with Gasteiger partial charge < -0.3 is 4.74 Å². The van der Waals surface area contributed by atoms with Crippen LogP contribution < -0.4 is 4.74 Å². The predicted octanol–water partition coefficient (Wildman–Crippen LogP) is 2.90. The highest BCUT2D eigenvalue weighted by molar-refractivity contribution is 5.54. The minimum atomic E-state index is -0.334. The maximum atomic E-state index is 10.6. The van der Waals surface area contributed by atoms with E-state index in [0.29, 0.717) is 0 Å². The molecule has 2 aliphatic carbocycles. The zero-order valence-electron chi connectivity index (χ0n) is 10.7. The topological polar surface area (TPSA) is 38.7 Å². The summed E-state index contributed by atoms with van der Waals surface area (Å²) in [7, 11) is 1.72. The standard InChI is InChI=1S/C15H17NO2/c1-18-14-12-5-3-2-4-11(12)6-7-13(14)15(8-9-15)16-10-17/h6-7H,2-5,8-9H2,1H3. The number of carbonyl (C=O) groups excluding carboxylic acids is 1. The van der Waals surface area contributed by atoms with Crippen LogP contribution in [0, 0.1) is 0 Å². The van der Waals surface area contributed by atoms with Crippen LogP contribution in [0.4, 0.5) is 0 Å². The normalized spacial score (nSPS) is 19.6. The predicted molar refractivity (Wildman–Crippen MR) is 68.7 cm³/mol. The Kier molecular flexibility index (Phi) is 2.71. The first-order valence-corrected chi connectivity index (χ1v) is 6.59. The molecule has 0 spiro atoms. The average molecular weight is 243 g/mol. The van der Waals surface area contributed by atoms with Gasteiger partial charge in [-0.2, -0.15) is 4.99 Å². The summed E-state index contributed by atoms with van der Waals surface area (Å²) in [5.41, 5.74) is 3.47. The fraction of sp³-hybridized carbons (Fsp3) is 0.533. The van der Waals surface area contributed by atoms with Crippen LogP contribution in [0.1, 0.15) is 42.4 Å². The monoisotopic (exact) mass is 243 g/mol. The van der Waals surface area contributed by atoms with Gasteiger partial charge in [0.05, 0.1) is 7.11 Å². The molecule has 18 heavy (non-hydrogen) atoms. The number of aliphatic imine (C=N–C) groups is 1. The minimum Gasteiger partial charge on any atom is -0.496 e. The number of nitrogens with zero attached hydrogens (tertiary/aromatic N) is 1. The lowest BCUT2D eigenvalue weighted by molar-refractivity contribution is 0.396.